The van der Waals surface area contributed by atoms with Crippen LogP contribution < -0.4 is 10.5 Å². The molecule has 8 nitrogen and oxygen atoms in total. The third kappa shape index (κ3) is 5.03. The van der Waals surface area contributed by atoms with Crippen LogP contribution in [0.1, 0.15) is 40.2 Å². The van der Waals surface area contributed by atoms with Crippen LogP contribution in [0.5, 0.6) is 0 Å². The van der Waals surface area contributed by atoms with Crippen LogP contribution in [-0.2, 0) is 17.7 Å². The van der Waals surface area contributed by atoms with Crippen molar-refractivity contribution in [2.24, 2.45) is 0 Å². The molecule has 1 fully saturated rings. The van der Waals surface area contributed by atoms with Gasteiger partial charge in [-0.05, 0) is 46.2 Å². The Morgan fingerprint density at radius 2 is 1.81 bits per heavy atom. The Morgan fingerprint density at radius 3 is 2.41 bits per heavy atom. The molecule has 170 valence electrons. The van der Waals surface area contributed by atoms with Gasteiger partial charge in [0, 0.05) is 38.2 Å². The Balaban J connectivity index is 1.95. The standard InChI is InChI=1S/C23H28ClN5O3/c1-6-8-10-16-17-18(26-21(24)29(20(17)30)11-9-7-2)25-19(16)27-12-14-28(15-13-27)22(31)32-23(3,4)5/h25H,10-15H2,1-5H3. The van der Waals surface area contributed by atoms with E-state index in [9.17, 15) is 9.59 Å². The fourth-order valence-corrected chi connectivity index (χ4v) is 3.77. The molecule has 1 aliphatic heterocycles. The Morgan fingerprint density at radius 1 is 1.16 bits per heavy atom. The highest BCUT2D eigenvalue weighted by Crippen LogP contribution is 2.28. The van der Waals surface area contributed by atoms with E-state index in [2.05, 4.69) is 38.5 Å². The molecule has 3 rings (SSSR count). The first kappa shape index (κ1) is 23.6. The summed E-state index contributed by atoms with van der Waals surface area (Å²) in [5.41, 5.74) is 0.431. The van der Waals surface area contributed by atoms with Crippen molar-refractivity contribution in [3.05, 3.63) is 21.2 Å². The number of nitrogens with zero attached hydrogens (tertiary/aromatic N) is 4. The Labute approximate surface area is 192 Å². The summed E-state index contributed by atoms with van der Waals surface area (Å²) in [6.07, 6.45) is 0.0788. The predicted octanol–water partition coefficient (Wildman–Crippen LogP) is 3.02. The highest BCUT2D eigenvalue weighted by atomic mass is 35.5. The Kier molecular flexibility index (Phi) is 7.06. The van der Waals surface area contributed by atoms with Gasteiger partial charge in [0.05, 0.1) is 11.9 Å². The number of ether oxygens (including phenoxy) is 1. The maximum Gasteiger partial charge on any atom is 0.410 e. The number of piperazine rings is 1. The zero-order valence-electron chi connectivity index (χ0n) is 19.1. The molecule has 0 aliphatic carbocycles. The fourth-order valence-electron chi connectivity index (χ4n) is 3.55. The lowest BCUT2D eigenvalue weighted by molar-refractivity contribution is 0.0240. The number of nitrogens with one attached hydrogen (secondary N) is 1. The third-order valence-corrected chi connectivity index (χ3v) is 5.34. The monoisotopic (exact) mass is 457 g/mol. The van der Waals surface area contributed by atoms with Crippen molar-refractivity contribution in [3.8, 4) is 23.7 Å². The second-order valence-corrected chi connectivity index (χ2v) is 8.77. The fraction of sp³-hybridized carbons (Fsp3) is 0.522. The van der Waals surface area contributed by atoms with E-state index in [4.69, 9.17) is 16.3 Å². The number of hydrogen-bond donors (Lipinski definition) is 1. The molecule has 0 spiro atoms. The first-order valence-electron chi connectivity index (χ1n) is 10.5. The Bertz CT molecular complexity index is 1190. The van der Waals surface area contributed by atoms with Crippen LogP contribution in [0.3, 0.4) is 0 Å². The number of carbonyl (C=O) groups is 1. The molecule has 0 bridgehead atoms. The van der Waals surface area contributed by atoms with E-state index < -0.39 is 5.60 Å². The summed E-state index contributed by atoms with van der Waals surface area (Å²) >= 11 is 6.27. The van der Waals surface area contributed by atoms with Crippen molar-refractivity contribution < 1.29 is 9.53 Å². The summed E-state index contributed by atoms with van der Waals surface area (Å²) in [6.45, 7) is 11.4. The summed E-state index contributed by atoms with van der Waals surface area (Å²) in [5.74, 6) is 12.4. The summed E-state index contributed by atoms with van der Waals surface area (Å²) in [6, 6.07) is 0. The third-order valence-electron chi connectivity index (χ3n) is 5.05. The van der Waals surface area contributed by atoms with Crippen LogP contribution in [-0.4, -0.2) is 57.3 Å². The van der Waals surface area contributed by atoms with Gasteiger partial charge >= 0.3 is 6.09 Å². The van der Waals surface area contributed by atoms with Crippen LogP contribution in [0, 0.1) is 23.7 Å². The van der Waals surface area contributed by atoms with Crippen molar-refractivity contribution in [3.63, 3.8) is 0 Å². The van der Waals surface area contributed by atoms with Crippen molar-refractivity contribution in [1.82, 2.24) is 19.4 Å². The molecule has 1 saturated heterocycles. The van der Waals surface area contributed by atoms with Crippen molar-refractivity contribution >= 4 is 34.5 Å². The molecule has 0 saturated carbocycles. The van der Waals surface area contributed by atoms with E-state index in [1.54, 1.807) is 18.7 Å². The molecule has 1 aliphatic rings. The number of hydrogen-bond acceptors (Lipinski definition) is 5. The predicted molar refractivity (Wildman–Crippen MR) is 126 cm³/mol. The van der Waals surface area contributed by atoms with Gasteiger partial charge in [-0.1, -0.05) is 11.8 Å². The lowest BCUT2D eigenvalue weighted by atomic mass is 10.1. The lowest BCUT2D eigenvalue weighted by Crippen LogP contribution is -2.50. The largest absolute Gasteiger partial charge is 0.444 e. The van der Waals surface area contributed by atoms with Crippen molar-refractivity contribution in [1.29, 1.82) is 0 Å². The minimum absolute atomic E-state index is 0.0842. The van der Waals surface area contributed by atoms with Crippen LogP contribution >= 0.6 is 11.6 Å². The zero-order chi connectivity index (χ0) is 23.5. The van der Waals surface area contributed by atoms with E-state index in [1.165, 1.54) is 4.57 Å². The van der Waals surface area contributed by atoms with E-state index in [0.29, 0.717) is 43.6 Å². The number of anilines is 1. The molecule has 0 aromatic carbocycles. The van der Waals surface area contributed by atoms with Gasteiger partial charge in [-0.3, -0.25) is 9.36 Å². The summed E-state index contributed by atoms with van der Waals surface area (Å²) in [7, 11) is 0. The highest BCUT2D eigenvalue weighted by Gasteiger charge is 2.28. The molecule has 1 N–H and O–H groups in total. The maximum absolute atomic E-state index is 13.2. The normalized spacial score (nSPS) is 13.9. The first-order chi connectivity index (χ1) is 15.2. The molecule has 2 aromatic rings. The molecule has 32 heavy (non-hydrogen) atoms. The van der Waals surface area contributed by atoms with Crippen LogP contribution in [0.25, 0.3) is 11.0 Å². The van der Waals surface area contributed by atoms with Crippen molar-refractivity contribution in [2.45, 2.75) is 53.2 Å². The molecular weight excluding hydrogens is 430 g/mol. The molecule has 9 heteroatoms. The minimum Gasteiger partial charge on any atom is -0.444 e. The summed E-state index contributed by atoms with van der Waals surface area (Å²) in [4.78, 5) is 37.1. The first-order valence-corrected chi connectivity index (χ1v) is 10.9. The van der Waals surface area contributed by atoms with Gasteiger partial charge in [-0.25, -0.2) is 9.78 Å². The minimum atomic E-state index is -0.537. The van der Waals surface area contributed by atoms with Crippen molar-refractivity contribution in [2.75, 3.05) is 31.1 Å². The van der Waals surface area contributed by atoms with E-state index >= 15 is 0 Å². The second kappa shape index (κ2) is 9.58. The second-order valence-electron chi connectivity index (χ2n) is 8.43. The number of aromatic nitrogens is 3. The van der Waals surface area contributed by atoms with Gasteiger partial charge in [0.1, 0.15) is 17.1 Å². The maximum atomic E-state index is 13.2. The molecule has 1 amide bonds. The van der Waals surface area contributed by atoms with E-state index in [0.717, 1.165) is 11.4 Å². The number of rotatable bonds is 3. The summed E-state index contributed by atoms with van der Waals surface area (Å²) < 4.78 is 6.84. The number of fused-ring (bicyclic) bond motifs is 1. The van der Waals surface area contributed by atoms with Gasteiger partial charge in [0.25, 0.3) is 5.56 Å². The Hall–Kier alpha value is -3.10. The zero-order valence-corrected chi connectivity index (χ0v) is 19.9. The van der Waals surface area contributed by atoms with E-state index in [-0.39, 0.29) is 23.5 Å². The van der Waals surface area contributed by atoms with Gasteiger partial charge in [-0.2, -0.15) is 0 Å². The highest BCUT2D eigenvalue weighted by molar-refractivity contribution is 6.28. The molecule has 0 unspecified atom stereocenters. The number of halogens is 1. The van der Waals surface area contributed by atoms with Crippen LogP contribution in [0.15, 0.2) is 4.79 Å². The van der Waals surface area contributed by atoms with Gasteiger partial charge < -0.3 is 19.5 Å². The van der Waals surface area contributed by atoms with Gasteiger partial charge in [0.2, 0.25) is 5.28 Å². The molecule has 0 atom stereocenters. The molecule has 3 heterocycles. The number of aromatic amines is 1. The average molecular weight is 458 g/mol. The average Bonchev–Trinajstić information content (AvgIpc) is 3.09. The quantitative estimate of drug-likeness (QED) is 0.565. The molecule has 0 radical (unpaired) electrons. The topological polar surface area (TPSA) is 83.5 Å². The smallest absolute Gasteiger partial charge is 0.410 e. The van der Waals surface area contributed by atoms with Gasteiger partial charge in [-0.15, -0.1) is 11.8 Å². The molecular formula is C23H28ClN5O3. The van der Waals surface area contributed by atoms with E-state index in [1.807, 2.05) is 20.8 Å². The number of carbonyl (C=O) groups excluding carboxylic acids is 1. The van der Waals surface area contributed by atoms with Crippen LogP contribution in [0.4, 0.5) is 10.6 Å². The van der Waals surface area contributed by atoms with Gasteiger partial charge in [0.15, 0.2) is 0 Å². The van der Waals surface area contributed by atoms with Crippen LogP contribution in [0.2, 0.25) is 5.28 Å². The SMILES string of the molecule is CC#CCc1c(N2CCN(C(=O)OC(C)(C)C)CC2)[nH]c2nc(Cl)n(CC#CC)c(=O)c12. The lowest BCUT2D eigenvalue weighted by Gasteiger charge is -2.36. The number of amides is 1. The number of H-pyrrole nitrogens is 1. The summed E-state index contributed by atoms with van der Waals surface area (Å²) in [5, 5.41) is 0.556. The molecule has 2 aromatic heterocycles.